The average Bonchev–Trinajstić information content (AvgIpc) is 2.56. The van der Waals surface area contributed by atoms with Gasteiger partial charge in [0, 0.05) is 6.54 Å². The average molecular weight is 288 g/mol. The van der Waals surface area contributed by atoms with E-state index in [2.05, 4.69) is 17.4 Å². The van der Waals surface area contributed by atoms with Crippen LogP contribution in [0.15, 0.2) is 29.6 Å². The highest BCUT2D eigenvalue weighted by atomic mass is 16.5. The van der Waals surface area contributed by atoms with E-state index < -0.39 is 0 Å². The SMILES string of the molecule is COc1ccc(CC2C3CCCCC3CCN2N=O)cc1. The van der Waals surface area contributed by atoms with Crippen LogP contribution in [0.4, 0.5) is 0 Å². The van der Waals surface area contributed by atoms with E-state index in [-0.39, 0.29) is 6.04 Å². The highest BCUT2D eigenvalue weighted by molar-refractivity contribution is 5.27. The summed E-state index contributed by atoms with van der Waals surface area (Å²) < 4.78 is 5.21. The minimum Gasteiger partial charge on any atom is -0.497 e. The predicted molar refractivity (Wildman–Crippen MR) is 83.1 cm³/mol. The van der Waals surface area contributed by atoms with Crippen LogP contribution in [-0.4, -0.2) is 24.7 Å². The minimum absolute atomic E-state index is 0.273. The van der Waals surface area contributed by atoms with E-state index in [1.165, 1.54) is 31.2 Å². The van der Waals surface area contributed by atoms with Crippen LogP contribution >= 0.6 is 0 Å². The minimum atomic E-state index is 0.273. The van der Waals surface area contributed by atoms with Gasteiger partial charge in [-0.2, -0.15) is 0 Å². The van der Waals surface area contributed by atoms with Gasteiger partial charge in [0.2, 0.25) is 0 Å². The molecular weight excluding hydrogens is 264 g/mol. The van der Waals surface area contributed by atoms with Gasteiger partial charge in [-0.15, -0.1) is 4.91 Å². The van der Waals surface area contributed by atoms with E-state index in [0.29, 0.717) is 5.92 Å². The van der Waals surface area contributed by atoms with Crippen LogP contribution in [0.5, 0.6) is 5.75 Å². The summed E-state index contributed by atoms with van der Waals surface area (Å²) in [6.07, 6.45) is 7.28. The Hall–Kier alpha value is -1.58. The summed E-state index contributed by atoms with van der Waals surface area (Å²) in [5.41, 5.74) is 1.26. The van der Waals surface area contributed by atoms with Crippen LogP contribution in [-0.2, 0) is 6.42 Å². The summed E-state index contributed by atoms with van der Waals surface area (Å²) in [5.74, 6) is 2.30. The topological polar surface area (TPSA) is 41.9 Å². The zero-order valence-corrected chi connectivity index (χ0v) is 12.7. The van der Waals surface area contributed by atoms with Crippen molar-refractivity contribution in [2.24, 2.45) is 17.1 Å². The largest absolute Gasteiger partial charge is 0.497 e. The summed E-state index contributed by atoms with van der Waals surface area (Å²) in [7, 11) is 1.68. The lowest BCUT2D eigenvalue weighted by atomic mass is 9.70. The smallest absolute Gasteiger partial charge is 0.118 e. The Balaban J connectivity index is 1.76. The zero-order valence-electron chi connectivity index (χ0n) is 12.7. The number of methoxy groups -OCH3 is 1. The summed E-state index contributed by atoms with van der Waals surface area (Å²) in [4.78, 5) is 11.2. The van der Waals surface area contributed by atoms with Gasteiger partial charge in [-0.1, -0.05) is 31.4 Å². The Morgan fingerprint density at radius 3 is 2.67 bits per heavy atom. The van der Waals surface area contributed by atoms with Crippen molar-refractivity contribution < 1.29 is 4.74 Å². The van der Waals surface area contributed by atoms with Crippen molar-refractivity contribution in [3.05, 3.63) is 34.7 Å². The fourth-order valence-electron chi connectivity index (χ4n) is 4.15. The molecule has 0 aromatic heterocycles. The Labute approximate surface area is 126 Å². The van der Waals surface area contributed by atoms with Crippen molar-refractivity contribution in [2.75, 3.05) is 13.7 Å². The van der Waals surface area contributed by atoms with Crippen molar-refractivity contribution in [2.45, 2.75) is 44.6 Å². The van der Waals surface area contributed by atoms with Crippen molar-refractivity contribution in [3.8, 4) is 5.75 Å². The Morgan fingerprint density at radius 2 is 1.95 bits per heavy atom. The molecule has 114 valence electrons. The first kappa shape index (κ1) is 14.4. The van der Waals surface area contributed by atoms with Gasteiger partial charge in [0.1, 0.15) is 5.75 Å². The molecule has 3 unspecified atom stereocenters. The molecule has 3 atom stereocenters. The lowest BCUT2D eigenvalue weighted by Gasteiger charge is -2.45. The van der Waals surface area contributed by atoms with E-state index in [9.17, 15) is 4.91 Å². The molecule has 0 spiro atoms. The second kappa shape index (κ2) is 6.46. The third-order valence-electron chi connectivity index (χ3n) is 5.28. The monoisotopic (exact) mass is 288 g/mol. The number of hydrogen-bond donors (Lipinski definition) is 0. The first-order valence-corrected chi connectivity index (χ1v) is 8.04. The number of nitrogens with zero attached hydrogens (tertiary/aromatic N) is 2. The third-order valence-corrected chi connectivity index (χ3v) is 5.28. The van der Waals surface area contributed by atoms with Crippen LogP contribution in [0.2, 0.25) is 0 Å². The van der Waals surface area contributed by atoms with Crippen molar-refractivity contribution in [1.29, 1.82) is 0 Å². The molecule has 1 aliphatic carbocycles. The molecule has 0 N–H and O–H groups in total. The molecule has 4 heteroatoms. The van der Waals surface area contributed by atoms with E-state index in [1.54, 1.807) is 12.1 Å². The van der Waals surface area contributed by atoms with E-state index >= 15 is 0 Å². The van der Waals surface area contributed by atoms with Crippen LogP contribution in [0, 0.1) is 16.7 Å². The molecule has 1 aromatic rings. The summed E-state index contributed by atoms with van der Waals surface area (Å²) in [5, 5.41) is 5.11. The van der Waals surface area contributed by atoms with Crippen molar-refractivity contribution >= 4 is 0 Å². The van der Waals surface area contributed by atoms with Gasteiger partial charge in [0.05, 0.1) is 18.4 Å². The van der Waals surface area contributed by atoms with E-state index in [0.717, 1.165) is 31.1 Å². The van der Waals surface area contributed by atoms with Gasteiger partial charge < -0.3 is 4.74 Å². The summed E-state index contributed by atoms with van der Waals surface area (Å²) in [6.45, 7) is 0.825. The number of ether oxygens (including phenoxy) is 1. The maximum absolute atomic E-state index is 11.2. The Bertz CT molecular complexity index is 474. The number of nitroso groups, excluding NO2 is 1. The number of benzene rings is 1. The standard InChI is InChI=1S/C17H24N2O2/c1-21-15-8-6-13(7-9-15)12-17-16-5-3-2-4-14(16)10-11-19(17)18-20/h6-9,14,16-17H,2-5,10-12H2,1H3. The quantitative estimate of drug-likeness (QED) is 0.791. The van der Waals surface area contributed by atoms with E-state index in [1.807, 2.05) is 12.1 Å². The number of rotatable bonds is 4. The highest BCUT2D eigenvalue weighted by Crippen LogP contribution is 2.41. The summed E-state index contributed by atoms with van der Waals surface area (Å²) in [6, 6.07) is 8.47. The molecule has 3 rings (SSSR count). The molecule has 1 heterocycles. The van der Waals surface area contributed by atoms with Crippen molar-refractivity contribution in [3.63, 3.8) is 0 Å². The molecule has 0 bridgehead atoms. The highest BCUT2D eigenvalue weighted by Gasteiger charge is 2.39. The molecular formula is C17H24N2O2. The molecule has 21 heavy (non-hydrogen) atoms. The second-order valence-corrected chi connectivity index (χ2v) is 6.36. The normalized spacial score (nSPS) is 28.8. The van der Waals surface area contributed by atoms with Gasteiger partial charge >= 0.3 is 0 Å². The lowest BCUT2D eigenvalue weighted by Crippen LogP contribution is -2.48. The molecule has 1 saturated heterocycles. The molecule has 4 nitrogen and oxygen atoms in total. The zero-order chi connectivity index (χ0) is 14.7. The maximum atomic E-state index is 11.2. The molecule has 1 saturated carbocycles. The first-order chi connectivity index (χ1) is 10.3. The first-order valence-electron chi connectivity index (χ1n) is 8.04. The molecule has 1 aromatic carbocycles. The van der Waals surface area contributed by atoms with E-state index in [4.69, 9.17) is 4.74 Å². The van der Waals surface area contributed by atoms with Gasteiger partial charge in [0.25, 0.3) is 0 Å². The molecule has 2 fully saturated rings. The molecule has 1 aliphatic heterocycles. The van der Waals surface area contributed by atoms with Crippen LogP contribution < -0.4 is 4.74 Å². The predicted octanol–water partition coefficient (Wildman–Crippen LogP) is 3.80. The third kappa shape index (κ3) is 3.04. The fraction of sp³-hybridized carbons (Fsp3) is 0.647. The Morgan fingerprint density at radius 1 is 1.19 bits per heavy atom. The Kier molecular flexibility index (Phi) is 4.42. The molecule has 2 aliphatic rings. The van der Waals surface area contributed by atoms with Gasteiger partial charge in [-0.3, -0.25) is 5.01 Å². The number of fused-ring (bicyclic) bond motifs is 1. The molecule has 0 amide bonds. The van der Waals surface area contributed by atoms with Crippen LogP contribution in [0.1, 0.15) is 37.7 Å². The summed E-state index contributed by atoms with van der Waals surface area (Å²) >= 11 is 0. The van der Waals surface area contributed by atoms with Gasteiger partial charge in [0.15, 0.2) is 0 Å². The fourth-order valence-corrected chi connectivity index (χ4v) is 4.15. The maximum Gasteiger partial charge on any atom is 0.118 e. The van der Waals surface area contributed by atoms with Crippen LogP contribution in [0.25, 0.3) is 0 Å². The number of piperidine rings is 1. The number of hydrogen-bond acceptors (Lipinski definition) is 3. The second-order valence-electron chi connectivity index (χ2n) is 6.36. The lowest BCUT2D eigenvalue weighted by molar-refractivity contribution is 0.0241. The molecule has 0 radical (unpaired) electrons. The van der Waals surface area contributed by atoms with Gasteiger partial charge in [-0.05, 0) is 48.8 Å². The van der Waals surface area contributed by atoms with Gasteiger partial charge in [-0.25, -0.2) is 0 Å². The van der Waals surface area contributed by atoms with Crippen molar-refractivity contribution in [1.82, 2.24) is 5.01 Å². The van der Waals surface area contributed by atoms with Crippen LogP contribution in [0.3, 0.4) is 0 Å².